The zero-order valence-electron chi connectivity index (χ0n) is 12.4. The van der Waals surface area contributed by atoms with Gasteiger partial charge in [0.25, 0.3) is 0 Å². The molecule has 1 atom stereocenters. The van der Waals surface area contributed by atoms with Gasteiger partial charge < -0.3 is 9.64 Å². The molecule has 0 bridgehead atoms. The van der Waals surface area contributed by atoms with Crippen molar-refractivity contribution >= 4 is 15.9 Å². The van der Waals surface area contributed by atoms with Gasteiger partial charge in [-0.3, -0.25) is 4.79 Å². The van der Waals surface area contributed by atoms with Crippen molar-refractivity contribution in [3.8, 4) is 5.75 Å². The minimum Gasteiger partial charge on any atom is -0.495 e. The Morgan fingerprint density at radius 2 is 2.14 bits per heavy atom. The van der Waals surface area contributed by atoms with Crippen LogP contribution in [0.4, 0.5) is 0 Å². The molecule has 116 valence electrons. The zero-order valence-corrected chi connectivity index (χ0v) is 13.2. The molecule has 0 saturated carbocycles. The molecule has 1 unspecified atom stereocenters. The fourth-order valence-corrected chi connectivity index (χ4v) is 3.76. The van der Waals surface area contributed by atoms with Crippen LogP contribution < -0.4 is 9.46 Å². The molecule has 1 N–H and O–H groups in total. The first-order valence-electron chi connectivity index (χ1n) is 6.72. The van der Waals surface area contributed by atoms with Crippen LogP contribution >= 0.6 is 0 Å². The van der Waals surface area contributed by atoms with E-state index in [0.717, 1.165) is 5.56 Å². The maximum atomic E-state index is 12.4. The Morgan fingerprint density at radius 3 is 2.71 bits per heavy atom. The summed E-state index contributed by atoms with van der Waals surface area (Å²) >= 11 is 0. The number of hydrogen-bond donors (Lipinski definition) is 1. The number of nitrogens with one attached hydrogen (secondary N) is 1. The van der Waals surface area contributed by atoms with Crippen molar-refractivity contribution in [2.75, 3.05) is 27.2 Å². The molecule has 1 heterocycles. The minimum absolute atomic E-state index is 0.00748. The Balaban J connectivity index is 2.12. The quantitative estimate of drug-likeness (QED) is 0.871. The largest absolute Gasteiger partial charge is 0.495 e. The first-order valence-corrected chi connectivity index (χ1v) is 8.20. The third kappa shape index (κ3) is 3.54. The monoisotopic (exact) mass is 312 g/mol. The summed E-state index contributed by atoms with van der Waals surface area (Å²) in [5, 5.41) is 0. The highest BCUT2D eigenvalue weighted by Crippen LogP contribution is 2.25. The minimum atomic E-state index is -3.65. The third-order valence-corrected chi connectivity index (χ3v) is 5.04. The van der Waals surface area contributed by atoms with Gasteiger partial charge in [-0.05, 0) is 30.5 Å². The molecular formula is C14H20N2O4S. The van der Waals surface area contributed by atoms with E-state index in [1.165, 1.54) is 7.11 Å². The molecule has 0 spiro atoms. The second kappa shape index (κ2) is 6.03. The highest BCUT2D eigenvalue weighted by molar-refractivity contribution is 7.89. The van der Waals surface area contributed by atoms with Gasteiger partial charge in [0.1, 0.15) is 10.6 Å². The molecule has 7 heteroatoms. The van der Waals surface area contributed by atoms with Crippen molar-refractivity contribution < 1.29 is 17.9 Å². The van der Waals surface area contributed by atoms with Crippen LogP contribution in [0.1, 0.15) is 12.0 Å². The van der Waals surface area contributed by atoms with Crippen LogP contribution in [0.15, 0.2) is 23.1 Å². The van der Waals surface area contributed by atoms with E-state index in [4.69, 9.17) is 4.74 Å². The molecular weight excluding hydrogens is 292 g/mol. The predicted molar refractivity (Wildman–Crippen MR) is 78.7 cm³/mol. The zero-order chi connectivity index (χ0) is 15.6. The Bertz CT molecular complexity index is 642. The number of aryl methyl sites for hydroxylation is 1. The Morgan fingerprint density at radius 1 is 1.43 bits per heavy atom. The fraction of sp³-hybridized carbons (Fsp3) is 0.500. The van der Waals surface area contributed by atoms with Crippen molar-refractivity contribution in [3.05, 3.63) is 23.8 Å². The van der Waals surface area contributed by atoms with Crippen LogP contribution in [0, 0.1) is 12.8 Å². The molecule has 0 radical (unpaired) electrons. The van der Waals surface area contributed by atoms with Gasteiger partial charge in [-0.15, -0.1) is 0 Å². The average Bonchev–Trinajstić information content (AvgIpc) is 2.76. The normalized spacial score (nSPS) is 19.1. The van der Waals surface area contributed by atoms with Gasteiger partial charge in [0.2, 0.25) is 15.9 Å². The molecule has 6 nitrogen and oxygen atoms in total. The van der Waals surface area contributed by atoms with E-state index in [1.807, 2.05) is 6.92 Å². The standard InChI is InChI=1S/C14H20N2O4S/c1-10-4-5-12(20-3)13(6-10)21(18,19)15-8-11-7-14(17)16(2)9-11/h4-6,11,15H,7-9H2,1-3H3. The van der Waals surface area contributed by atoms with E-state index in [-0.39, 0.29) is 23.3 Å². The summed E-state index contributed by atoms with van der Waals surface area (Å²) in [6.07, 6.45) is 0.379. The number of methoxy groups -OCH3 is 1. The number of nitrogens with zero attached hydrogens (tertiary/aromatic N) is 1. The number of rotatable bonds is 5. The van der Waals surface area contributed by atoms with Crippen molar-refractivity contribution in [2.45, 2.75) is 18.2 Å². The fourth-order valence-electron chi connectivity index (χ4n) is 2.39. The first kappa shape index (κ1) is 15.8. The van der Waals surface area contributed by atoms with E-state index in [1.54, 1.807) is 30.1 Å². The Labute approximate surface area is 125 Å². The Hall–Kier alpha value is -1.60. The maximum Gasteiger partial charge on any atom is 0.244 e. The number of likely N-dealkylation sites (tertiary alicyclic amines) is 1. The van der Waals surface area contributed by atoms with Gasteiger partial charge in [0.15, 0.2) is 0 Å². The molecule has 21 heavy (non-hydrogen) atoms. The molecule has 0 aromatic heterocycles. The van der Waals surface area contributed by atoms with Crippen LogP contribution in [-0.2, 0) is 14.8 Å². The molecule has 1 saturated heterocycles. The molecule has 1 aliphatic rings. The molecule has 1 aromatic carbocycles. The number of amides is 1. The van der Waals surface area contributed by atoms with Crippen LogP contribution in [0.5, 0.6) is 5.75 Å². The van der Waals surface area contributed by atoms with E-state index in [2.05, 4.69) is 4.72 Å². The van der Waals surface area contributed by atoms with Crippen molar-refractivity contribution in [1.29, 1.82) is 0 Å². The lowest BCUT2D eigenvalue weighted by Crippen LogP contribution is -2.30. The second-order valence-corrected chi connectivity index (χ2v) is 7.09. The number of ether oxygens (including phenoxy) is 1. The predicted octanol–water partition coefficient (Wildman–Crippen LogP) is 0.760. The summed E-state index contributed by atoms with van der Waals surface area (Å²) in [4.78, 5) is 13.2. The van der Waals surface area contributed by atoms with Crippen LogP contribution in [0.3, 0.4) is 0 Å². The van der Waals surface area contributed by atoms with Crippen molar-refractivity contribution in [3.63, 3.8) is 0 Å². The number of sulfonamides is 1. The van der Waals surface area contributed by atoms with E-state index in [9.17, 15) is 13.2 Å². The van der Waals surface area contributed by atoms with Crippen molar-refractivity contribution in [2.24, 2.45) is 5.92 Å². The lowest BCUT2D eigenvalue weighted by molar-refractivity contribution is -0.126. The van der Waals surface area contributed by atoms with E-state index < -0.39 is 10.0 Å². The van der Waals surface area contributed by atoms with Gasteiger partial charge in [-0.2, -0.15) is 0 Å². The molecule has 0 aliphatic carbocycles. The number of carbonyl (C=O) groups excluding carboxylic acids is 1. The lowest BCUT2D eigenvalue weighted by atomic mass is 10.1. The number of benzene rings is 1. The van der Waals surface area contributed by atoms with Gasteiger partial charge in [0, 0.05) is 26.6 Å². The lowest BCUT2D eigenvalue weighted by Gasteiger charge is -2.14. The van der Waals surface area contributed by atoms with Crippen LogP contribution in [-0.4, -0.2) is 46.5 Å². The molecule has 1 aliphatic heterocycles. The molecule has 1 amide bonds. The summed E-state index contributed by atoms with van der Waals surface area (Å²) in [6.45, 7) is 2.64. The smallest absolute Gasteiger partial charge is 0.244 e. The maximum absolute atomic E-state index is 12.4. The topological polar surface area (TPSA) is 75.7 Å². The van der Waals surface area contributed by atoms with Gasteiger partial charge >= 0.3 is 0 Å². The second-order valence-electron chi connectivity index (χ2n) is 5.35. The summed E-state index contributed by atoms with van der Waals surface area (Å²) in [5.41, 5.74) is 0.840. The van der Waals surface area contributed by atoms with Crippen molar-refractivity contribution in [1.82, 2.24) is 9.62 Å². The van der Waals surface area contributed by atoms with E-state index in [0.29, 0.717) is 18.7 Å². The highest BCUT2D eigenvalue weighted by Gasteiger charge is 2.28. The third-order valence-electron chi connectivity index (χ3n) is 3.59. The van der Waals surface area contributed by atoms with Crippen LogP contribution in [0.25, 0.3) is 0 Å². The van der Waals surface area contributed by atoms with E-state index >= 15 is 0 Å². The summed E-state index contributed by atoms with van der Waals surface area (Å²) in [6, 6.07) is 5.01. The summed E-state index contributed by atoms with van der Waals surface area (Å²) in [5.74, 6) is 0.369. The molecule has 1 fully saturated rings. The molecule has 1 aromatic rings. The number of carbonyl (C=O) groups is 1. The highest BCUT2D eigenvalue weighted by atomic mass is 32.2. The van der Waals surface area contributed by atoms with Gasteiger partial charge in [0.05, 0.1) is 7.11 Å². The van der Waals surface area contributed by atoms with Gasteiger partial charge in [-0.25, -0.2) is 13.1 Å². The average molecular weight is 312 g/mol. The first-order chi connectivity index (χ1) is 9.83. The SMILES string of the molecule is COc1ccc(C)cc1S(=O)(=O)NCC1CC(=O)N(C)C1. The summed E-state index contributed by atoms with van der Waals surface area (Å²) in [7, 11) is -0.491. The number of hydrogen-bond acceptors (Lipinski definition) is 4. The summed E-state index contributed by atoms with van der Waals surface area (Å²) < 4.78 is 32.5. The van der Waals surface area contributed by atoms with Gasteiger partial charge in [-0.1, -0.05) is 6.07 Å². The molecule has 2 rings (SSSR count). The Kier molecular flexibility index (Phi) is 4.53. The van der Waals surface area contributed by atoms with Crippen LogP contribution in [0.2, 0.25) is 0 Å².